The lowest BCUT2D eigenvalue weighted by Gasteiger charge is -2.22. The molecule has 0 radical (unpaired) electrons. The van der Waals surface area contributed by atoms with Gasteiger partial charge in [0.05, 0.1) is 16.9 Å². The quantitative estimate of drug-likeness (QED) is 0.583. The first-order valence-electron chi connectivity index (χ1n) is 5.39. The van der Waals surface area contributed by atoms with Gasteiger partial charge in [0.1, 0.15) is 0 Å². The molecule has 0 spiro atoms. The van der Waals surface area contributed by atoms with Gasteiger partial charge in [-0.05, 0) is 36.4 Å². The van der Waals surface area contributed by atoms with Crippen molar-refractivity contribution < 1.29 is 13.2 Å². The number of halogens is 4. The first kappa shape index (κ1) is 12.7. The van der Waals surface area contributed by atoms with Gasteiger partial charge in [0, 0.05) is 14.8 Å². The third-order valence-corrected chi connectivity index (χ3v) is 4.12. The van der Waals surface area contributed by atoms with Crippen molar-refractivity contribution in [2.45, 2.75) is 16.0 Å². The average molecular weight is 302 g/mol. The third-order valence-electron chi connectivity index (χ3n) is 2.74. The lowest BCUT2D eigenvalue weighted by atomic mass is 10.2. The highest BCUT2D eigenvalue weighted by Crippen LogP contribution is 2.46. The molecule has 98 valence electrons. The Morgan fingerprint density at radius 1 is 0.947 bits per heavy atom. The maximum absolute atomic E-state index is 12.7. The molecule has 0 bridgehead atoms. The third kappa shape index (κ3) is 2.40. The zero-order valence-electron chi connectivity index (χ0n) is 9.38. The molecule has 1 heterocycles. The standard InChI is InChI=1S/C13H7ClF3NS/c14-8-2-4-12-10(6-8)18-9-5-7(13(15,16)17)1-3-11(9)19-12/h1-6,18H. The van der Waals surface area contributed by atoms with Crippen LogP contribution in [0.25, 0.3) is 0 Å². The van der Waals surface area contributed by atoms with E-state index in [2.05, 4.69) is 5.32 Å². The lowest BCUT2D eigenvalue weighted by Crippen LogP contribution is -2.07. The minimum atomic E-state index is -4.34. The fourth-order valence-electron chi connectivity index (χ4n) is 1.85. The van der Waals surface area contributed by atoms with Gasteiger partial charge in [-0.15, -0.1) is 0 Å². The summed E-state index contributed by atoms with van der Waals surface area (Å²) in [5.41, 5.74) is 0.517. The largest absolute Gasteiger partial charge is 0.416 e. The number of hydrogen-bond acceptors (Lipinski definition) is 2. The molecule has 1 nitrogen and oxygen atoms in total. The van der Waals surface area contributed by atoms with Gasteiger partial charge in [-0.25, -0.2) is 0 Å². The Labute approximate surface area is 116 Å². The van der Waals surface area contributed by atoms with Crippen LogP contribution in [0.15, 0.2) is 46.2 Å². The summed E-state index contributed by atoms with van der Waals surface area (Å²) in [6, 6.07) is 8.99. The van der Waals surface area contributed by atoms with Crippen molar-refractivity contribution in [3.05, 3.63) is 47.0 Å². The van der Waals surface area contributed by atoms with Crippen molar-refractivity contribution in [2.75, 3.05) is 5.32 Å². The van der Waals surface area contributed by atoms with Gasteiger partial charge >= 0.3 is 6.18 Å². The van der Waals surface area contributed by atoms with E-state index in [-0.39, 0.29) is 0 Å². The first-order valence-corrected chi connectivity index (χ1v) is 6.58. The molecule has 0 amide bonds. The van der Waals surface area contributed by atoms with Crippen molar-refractivity contribution in [3.63, 3.8) is 0 Å². The van der Waals surface area contributed by atoms with E-state index >= 15 is 0 Å². The molecule has 0 fully saturated rings. The van der Waals surface area contributed by atoms with Crippen molar-refractivity contribution >= 4 is 34.7 Å². The molecule has 0 saturated heterocycles. The van der Waals surface area contributed by atoms with E-state index in [1.165, 1.54) is 17.8 Å². The van der Waals surface area contributed by atoms with Gasteiger partial charge in [0.2, 0.25) is 0 Å². The molecule has 0 unspecified atom stereocenters. The zero-order chi connectivity index (χ0) is 13.6. The van der Waals surface area contributed by atoms with Gasteiger partial charge in [-0.1, -0.05) is 23.4 Å². The Hall–Kier alpha value is -1.33. The van der Waals surface area contributed by atoms with Crippen LogP contribution in [0.5, 0.6) is 0 Å². The summed E-state index contributed by atoms with van der Waals surface area (Å²) in [7, 11) is 0. The second kappa shape index (κ2) is 4.35. The minimum Gasteiger partial charge on any atom is -0.354 e. The first-order chi connectivity index (χ1) is 8.93. The van der Waals surface area contributed by atoms with Crippen LogP contribution in [-0.4, -0.2) is 0 Å². The molecular formula is C13H7ClF3NS. The summed E-state index contributed by atoms with van der Waals surface area (Å²) in [5, 5.41) is 3.53. The summed E-state index contributed by atoms with van der Waals surface area (Å²) in [6.07, 6.45) is -4.34. The molecule has 2 aromatic rings. The summed E-state index contributed by atoms with van der Waals surface area (Å²) in [6.45, 7) is 0. The molecule has 1 aliphatic heterocycles. The van der Waals surface area contributed by atoms with Crippen LogP contribution in [0.3, 0.4) is 0 Å². The highest BCUT2D eigenvalue weighted by Gasteiger charge is 2.31. The van der Waals surface area contributed by atoms with Gasteiger partial charge in [0.25, 0.3) is 0 Å². The molecular weight excluding hydrogens is 295 g/mol. The summed E-state index contributed by atoms with van der Waals surface area (Å²) in [4.78, 5) is 1.71. The molecule has 3 rings (SSSR count). The van der Waals surface area contributed by atoms with E-state index < -0.39 is 11.7 Å². The number of hydrogen-bond donors (Lipinski definition) is 1. The molecule has 0 aliphatic carbocycles. The van der Waals surface area contributed by atoms with Gasteiger partial charge in [-0.3, -0.25) is 0 Å². The monoisotopic (exact) mass is 301 g/mol. The van der Waals surface area contributed by atoms with E-state index in [4.69, 9.17) is 11.6 Å². The highest BCUT2D eigenvalue weighted by molar-refractivity contribution is 7.99. The molecule has 19 heavy (non-hydrogen) atoms. The van der Waals surface area contributed by atoms with Gasteiger partial charge in [0.15, 0.2) is 0 Å². The van der Waals surface area contributed by atoms with Crippen molar-refractivity contribution in [1.82, 2.24) is 0 Å². The van der Waals surface area contributed by atoms with E-state index in [1.807, 2.05) is 6.07 Å². The number of rotatable bonds is 0. The van der Waals surface area contributed by atoms with Crippen LogP contribution in [0.1, 0.15) is 5.56 Å². The topological polar surface area (TPSA) is 12.0 Å². The predicted octanol–water partition coefficient (Wildman–Crippen LogP) is 5.57. The van der Waals surface area contributed by atoms with Crippen LogP contribution < -0.4 is 5.32 Å². The van der Waals surface area contributed by atoms with Crippen molar-refractivity contribution in [2.24, 2.45) is 0 Å². The number of alkyl halides is 3. The predicted molar refractivity (Wildman–Crippen MR) is 70.3 cm³/mol. The zero-order valence-corrected chi connectivity index (χ0v) is 11.0. The highest BCUT2D eigenvalue weighted by atomic mass is 35.5. The fourth-order valence-corrected chi connectivity index (χ4v) is 2.97. The Morgan fingerprint density at radius 3 is 2.26 bits per heavy atom. The minimum absolute atomic E-state index is 0.453. The lowest BCUT2D eigenvalue weighted by molar-refractivity contribution is -0.137. The van der Waals surface area contributed by atoms with E-state index in [9.17, 15) is 13.2 Å². The molecule has 2 aromatic carbocycles. The van der Waals surface area contributed by atoms with Gasteiger partial charge < -0.3 is 5.32 Å². The second-order valence-corrected chi connectivity index (χ2v) is 5.60. The number of anilines is 2. The van der Waals surface area contributed by atoms with Crippen LogP contribution in [-0.2, 0) is 6.18 Å². The van der Waals surface area contributed by atoms with Crippen LogP contribution in [0.2, 0.25) is 5.02 Å². The summed E-state index contributed by atoms with van der Waals surface area (Å²) >= 11 is 7.30. The Morgan fingerprint density at radius 2 is 1.58 bits per heavy atom. The average Bonchev–Trinajstić information content (AvgIpc) is 2.34. The van der Waals surface area contributed by atoms with Crippen molar-refractivity contribution in [1.29, 1.82) is 0 Å². The van der Waals surface area contributed by atoms with Crippen LogP contribution in [0, 0.1) is 0 Å². The molecule has 0 aromatic heterocycles. The smallest absolute Gasteiger partial charge is 0.354 e. The number of fused-ring (bicyclic) bond motifs is 2. The molecule has 1 N–H and O–H groups in total. The Kier molecular flexibility index (Phi) is 2.91. The molecule has 6 heteroatoms. The van der Waals surface area contributed by atoms with Gasteiger partial charge in [-0.2, -0.15) is 13.2 Å². The van der Waals surface area contributed by atoms with Crippen LogP contribution >= 0.6 is 23.4 Å². The summed E-state index contributed by atoms with van der Waals surface area (Å²) < 4.78 is 38.0. The number of nitrogens with one attached hydrogen (secondary N) is 1. The Bertz CT molecular complexity index is 655. The molecule has 0 saturated carbocycles. The maximum Gasteiger partial charge on any atom is 0.416 e. The number of benzene rings is 2. The van der Waals surface area contributed by atoms with E-state index in [0.29, 0.717) is 10.7 Å². The molecule has 0 atom stereocenters. The van der Waals surface area contributed by atoms with E-state index in [1.54, 1.807) is 12.1 Å². The van der Waals surface area contributed by atoms with Crippen molar-refractivity contribution in [3.8, 4) is 0 Å². The molecule has 1 aliphatic rings. The summed E-state index contributed by atoms with van der Waals surface area (Å²) in [5.74, 6) is 0. The normalized spacial score (nSPS) is 13.5. The fraction of sp³-hybridized carbons (Fsp3) is 0.0769. The van der Waals surface area contributed by atoms with E-state index in [0.717, 1.165) is 27.6 Å². The second-order valence-electron chi connectivity index (χ2n) is 4.08. The van der Waals surface area contributed by atoms with Crippen LogP contribution in [0.4, 0.5) is 24.5 Å². The maximum atomic E-state index is 12.7. The Balaban J connectivity index is 2.03. The SMILES string of the molecule is FC(F)(F)c1ccc2c(c1)Nc1cc(Cl)ccc1S2.